The van der Waals surface area contributed by atoms with Crippen LogP contribution in [0.5, 0.6) is 0 Å². The van der Waals surface area contributed by atoms with E-state index in [4.69, 9.17) is 11.6 Å². The number of H-pyrrole nitrogens is 1. The van der Waals surface area contributed by atoms with E-state index >= 15 is 0 Å². The molecule has 3 aromatic rings. The Hall–Kier alpha value is -2.27. The maximum atomic E-state index is 12.8. The van der Waals surface area contributed by atoms with Crippen molar-refractivity contribution in [1.29, 1.82) is 0 Å². The van der Waals surface area contributed by atoms with Gasteiger partial charge in [0.1, 0.15) is 5.82 Å². The zero-order chi connectivity index (χ0) is 17.2. The van der Waals surface area contributed by atoms with E-state index in [0.717, 1.165) is 47.6 Å². The summed E-state index contributed by atoms with van der Waals surface area (Å²) in [6.45, 7) is 1.48. The summed E-state index contributed by atoms with van der Waals surface area (Å²) in [5.74, 6) is 1.09. The topological polar surface area (TPSA) is 53.9 Å². The van der Waals surface area contributed by atoms with E-state index in [0.29, 0.717) is 13.0 Å². The van der Waals surface area contributed by atoms with Crippen molar-refractivity contribution in [2.75, 3.05) is 6.54 Å². The van der Waals surface area contributed by atoms with E-state index in [2.05, 4.69) is 14.5 Å². The van der Waals surface area contributed by atoms with Gasteiger partial charge in [0.2, 0.25) is 5.91 Å². The van der Waals surface area contributed by atoms with Gasteiger partial charge in [-0.2, -0.15) is 0 Å². The molecular formula is C19H21ClN4O. The fourth-order valence-corrected chi connectivity index (χ4v) is 3.88. The number of nitrogens with one attached hydrogen (secondary N) is 1. The van der Waals surface area contributed by atoms with Crippen LogP contribution in [0.25, 0.3) is 10.9 Å². The highest BCUT2D eigenvalue weighted by Crippen LogP contribution is 2.29. The summed E-state index contributed by atoms with van der Waals surface area (Å²) in [4.78, 5) is 22.4. The SMILES string of the molecule is O=C(CCn1ccc2cc(Cl)ccc21)N1CCCCC1c1ncc[nH]1. The number of hydrogen-bond acceptors (Lipinski definition) is 2. The highest BCUT2D eigenvalue weighted by Gasteiger charge is 2.29. The van der Waals surface area contributed by atoms with Gasteiger partial charge in [-0.3, -0.25) is 4.79 Å². The van der Waals surface area contributed by atoms with Crippen molar-refractivity contribution in [3.05, 3.63) is 53.7 Å². The lowest BCUT2D eigenvalue weighted by atomic mass is 10.0. The van der Waals surface area contributed by atoms with Gasteiger partial charge in [0.15, 0.2) is 0 Å². The van der Waals surface area contributed by atoms with Crippen molar-refractivity contribution in [3.8, 4) is 0 Å². The second-order valence-electron chi connectivity index (χ2n) is 6.54. The number of nitrogens with zero attached hydrogens (tertiary/aromatic N) is 3. The minimum atomic E-state index is 0.0801. The molecule has 3 heterocycles. The van der Waals surface area contributed by atoms with Crippen molar-refractivity contribution in [3.63, 3.8) is 0 Å². The second kappa shape index (κ2) is 6.92. The molecule has 25 heavy (non-hydrogen) atoms. The summed E-state index contributed by atoms with van der Waals surface area (Å²) in [6.07, 6.45) is 9.27. The maximum absolute atomic E-state index is 12.8. The van der Waals surface area contributed by atoms with E-state index in [9.17, 15) is 4.79 Å². The number of likely N-dealkylation sites (tertiary alicyclic amines) is 1. The van der Waals surface area contributed by atoms with Gasteiger partial charge in [0, 0.05) is 54.0 Å². The molecule has 1 atom stereocenters. The summed E-state index contributed by atoms with van der Waals surface area (Å²) in [7, 11) is 0. The number of aromatic nitrogens is 3. The first-order valence-electron chi connectivity index (χ1n) is 8.75. The van der Waals surface area contributed by atoms with Gasteiger partial charge in [-0.15, -0.1) is 0 Å². The van der Waals surface area contributed by atoms with Crippen LogP contribution in [-0.2, 0) is 11.3 Å². The highest BCUT2D eigenvalue weighted by atomic mass is 35.5. The van der Waals surface area contributed by atoms with Crippen LogP contribution in [0.3, 0.4) is 0 Å². The summed E-state index contributed by atoms with van der Waals surface area (Å²) in [5.41, 5.74) is 1.11. The fraction of sp³-hybridized carbons (Fsp3) is 0.368. The van der Waals surface area contributed by atoms with Crippen LogP contribution < -0.4 is 0 Å². The number of piperidine rings is 1. The summed E-state index contributed by atoms with van der Waals surface area (Å²) in [5, 5.41) is 1.84. The number of benzene rings is 1. The monoisotopic (exact) mass is 356 g/mol. The van der Waals surface area contributed by atoms with E-state index in [1.54, 1.807) is 6.20 Å². The minimum Gasteiger partial charge on any atom is -0.347 e. The number of aryl methyl sites for hydroxylation is 1. The number of imidazole rings is 1. The molecule has 4 rings (SSSR count). The summed E-state index contributed by atoms with van der Waals surface area (Å²) in [6, 6.07) is 7.97. The number of aromatic amines is 1. The normalized spacial score (nSPS) is 18.0. The first kappa shape index (κ1) is 16.2. The molecule has 1 aliphatic heterocycles. The molecule has 2 aromatic heterocycles. The number of carbonyl (C=O) groups is 1. The van der Waals surface area contributed by atoms with Crippen LogP contribution in [0.2, 0.25) is 5.02 Å². The molecular weight excluding hydrogens is 336 g/mol. The Bertz CT molecular complexity index is 871. The Labute approximate surface area is 151 Å². The van der Waals surface area contributed by atoms with E-state index in [1.165, 1.54) is 0 Å². The van der Waals surface area contributed by atoms with Gasteiger partial charge in [-0.1, -0.05) is 11.6 Å². The third kappa shape index (κ3) is 3.29. The van der Waals surface area contributed by atoms with Crippen LogP contribution in [-0.4, -0.2) is 31.9 Å². The zero-order valence-electron chi connectivity index (χ0n) is 14.0. The Morgan fingerprint density at radius 3 is 3.08 bits per heavy atom. The lowest BCUT2D eigenvalue weighted by Crippen LogP contribution is -2.39. The van der Waals surface area contributed by atoms with E-state index in [-0.39, 0.29) is 11.9 Å². The van der Waals surface area contributed by atoms with Crippen LogP contribution in [0.4, 0.5) is 0 Å². The molecule has 0 radical (unpaired) electrons. The predicted octanol–water partition coefficient (Wildman–Crippen LogP) is 4.16. The smallest absolute Gasteiger partial charge is 0.224 e. The Morgan fingerprint density at radius 2 is 2.24 bits per heavy atom. The number of halogens is 1. The van der Waals surface area contributed by atoms with Crippen molar-refractivity contribution in [2.24, 2.45) is 0 Å². The van der Waals surface area contributed by atoms with E-state index in [1.807, 2.05) is 41.6 Å². The van der Waals surface area contributed by atoms with Crippen molar-refractivity contribution in [2.45, 2.75) is 38.3 Å². The first-order chi connectivity index (χ1) is 12.2. The van der Waals surface area contributed by atoms with Crippen molar-refractivity contribution in [1.82, 2.24) is 19.4 Å². The molecule has 1 fully saturated rings. The molecule has 1 saturated heterocycles. The van der Waals surface area contributed by atoms with Crippen LogP contribution in [0.15, 0.2) is 42.9 Å². The molecule has 0 spiro atoms. The molecule has 1 aliphatic rings. The standard InChI is InChI=1S/C19H21ClN4O/c20-15-4-5-16-14(13-15)6-11-23(16)12-7-18(25)24-10-2-1-3-17(24)19-21-8-9-22-19/h4-6,8-9,11,13,17H,1-3,7,10,12H2,(H,21,22). The number of carbonyl (C=O) groups excluding carboxylic acids is 1. The lowest BCUT2D eigenvalue weighted by molar-refractivity contribution is -0.135. The van der Waals surface area contributed by atoms with Crippen molar-refractivity contribution >= 4 is 28.4 Å². The quantitative estimate of drug-likeness (QED) is 0.763. The van der Waals surface area contributed by atoms with Crippen LogP contribution in [0.1, 0.15) is 37.5 Å². The largest absolute Gasteiger partial charge is 0.347 e. The van der Waals surface area contributed by atoms with Gasteiger partial charge >= 0.3 is 0 Å². The van der Waals surface area contributed by atoms with Gasteiger partial charge < -0.3 is 14.5 Å². The van der Waals surface area contributed by atoms with Gasteiger partial charge in [-0.25, -0.2) is 4.98 Å². The number of amides is 1. The Balaban J connectivity index is 1.47. The molecule has 130 valence electrons. The Morgan fingerprint density at radius 1 is 1.32 bits per heavy atom. The number of rotatable bonds is 4. The van der Waals surface area contributed by atoms with Gasteiger partial charge in [0.05, 0.1) is 6.04 Å². The lowest BCUT2D eigenvalue weighted by Gasteiger charge is -2.34. The average molecular weight is 357 g/mol. The average Bonchev–Trinajstić information content (AvgIpc) is 3.29. The molecule has 1 amide bonds. The van der Waals surface area contributed by atoms with E-state index < -0.39 is 0 Å². The van der Waals surface area contributed by atoms with Crippen LogP contribution in [0, 0.1) is 0 Å². The third-order valence-electron chi connectivity index (χ3n) is 4.96. The molecule has 6 heteroatoms. The first-order valence-corrected chi connectivity index (χ1v) is 9.13. The minimum absolute atomic E-state index is 0.0801. The summed E-state index contributed by atoms with van der Waals surface area (Å²) >= 11 is 6.04. The predicted molar refractivity (Wildman–Crippen MR) is 98.5 cm³/mol. The number of hydrogen-bond donors (Lipinski definition) is 1. The van der Waals surface area contributed by atoms with Gasteiger partial charge in [0.25, 0.3) is 0 Å². The maximum Gasteiger partial charge on any atom is 0.224 e. The second-order valence-corrected chi connectivity index (χ2v) is 6.97. The summed E-state index contributed by atoms with van der Waals surface area (Å²) < 4.78 is 2.12. The molecule has 0 saturated carbocycles. The molecule has 1 N–H and O–H groups in total. The highest BCUT2D eigenvalue weighted by molar-refractivity contribution is 6.31. The number of fused-ring (bicyclic) bond motifs is 1. The van der Waals surface area contributed by atoms with Gasteiger partial charge in [-0.05, 0) is 43.5 Å². The molecule has 1 unspecified atom stereocenters. The molecule has 1 aromatic carbocycles. The van der Waals surface area contributed by atoms with Crippen LogP contribution >= 0.6 is 11.6 Å². The third-order valence-corrected chi connectivity index (χ3v) is 5.19. The molecule has 0 bridgehead atoms. The fourth-order valence-electron chi connectivity index (χ4n) is 3.70. The zero-order valence-corrected chi connectivity index (χ0v) is 14.7. The molecule has 5 nitrogen and oxygen atoms in total. The Kier molecular flexibility index (Phi) is 4.49. The van der Waals surface area contributed by atoms with Crippen molar-refractivity contribution < 1.29 is 4.79 Å². The molecule has 0 aliphatic carbocycles.